The van der Waals surface area contributed by atoms with Crippen molar-refractivity contribution >= 4 is 5.97 Å². The molecule has 0 aliphatic carbocycles. The Labute approximate surface area is 113 Å². The number of rotatable bonds is 3. The summed E-state index contributed by atoms with van der Waals surface area (Å²) in [5.41, 5.74) is -5.74. The van der Waals surface area contributed by atoms with Crippen molar-refractivity contribution in [2.75, 3.05) is 0 Å². The number of benzene rings is 2. The summed E-state index contributed by atoms with van der Waals surface area (Å²) in [5, 5.41) is 20.5. The summed E-state index contributed by atoms with van der Waals surface area (Å²) >= 11 is 0. The quantitative estimate of drug-likeness (QED) is 0.860. The molecule has 2 N–H and O–H groups in total. The van der Waals surface area contributed by atoms with Gasteiger partial charge in [0, 0.05) is 0 Å². The van der Waals surface area contributed by atoms with Crippen molar-refractivity contribution in [2.24, 2.45) is 0 Å². The second-order valence-corrected chi connectivity index (χ2v) is 3.02. The molecule has 0 unspecified atom stereocenters. The van der Waals surface area contributed by atoms with Crippen LogP contribution >= 0.6 is 0 Å². The van der Waals surface area contributed by atoms with Crippen molar-refractivity contribution in [1.29, 1.82) is 0 Å². The molecule has 2 aromatic rings. The second-order valence-electron chi connectivity index (χ2n) is 3.02. The van der Waals surface area contributed by atoms with Crippen LogP contribution in [-0.4, -0.2) is 16.2 Å². The van der Waals surface area contributed by atoms with Gasteiger partial charge in [0.05, 0.1) is 13.7 Å². The third-order valence-electron chi connectivity index (χ3n) is 2.03. The first-order chi connectivity index (χ1) is 12.3. The summed E-state index contributed by atoms with van der Waals surface area (Å²) in [4.78, 5) is 11.9. The minimum atomic E-state index is -3.49. The van der Waals surface area contributed by atoms with Crippen LogP contribution in [0.2, 0.25) is 0 Å². The van der Waals surface area contributed by atoms with Crippen molar-refractivity contribution in [2.45, 2.75) is 5.60 Å². The van der Waals surface area contributed by atoms with Gasteiger partial charge < -0.3 is 10.2 Å². The molecule has 0 spiro atoms. The Kier molecular flexibility index (Phi) is 1.10. The third kappa shape index (κ3) is 1.92. The molecule has 86 valence electrons. The van der Waals surface area contributed by atoms with Crippen LogP contribution in [0, 0.1) is 0 Å². The fourth-order valence-electron chi connectivity index (χ4n) is 1.20. The number of aliphatic carboxylic acids is 1. The topological polar surface area (TPSA) is 57.5 Å². The zero-order valence-corrected chi connectivity index (χ0v) is 8.30. The number of carboxylic acid groups (broad SMARTS) is 1. The van der Waals surface area contributed by atoms with Gasteiger partial charge in [-0.15, -0.1) is 0 Å². The van der Waals surface area contributed by atoms with Gasteiger partial charge in [0.25, 0.3) is 0 Å². The smallest absolute Gasteiger partial charge is 0.345 e. The maximum absolute atomic E-state index is 11.9. The minimum Gasteiger partial charge on any atom is -0.479 e. The van der Waals surface area contributed by atoms with Gasteiger partial charge in [-0.25, -0.2) is 4.79 Å². The lowest BCUT2D eigenvalue weighted by Crippen LogP contribution is -2.36. The van der Waals surface area contributed by atoms with Gasteiger partial charge in [0.2, 0.25) is 5.60 Å². The molecular formula is C14H12O3. The number of aliphatic hydroxyl groups is 1. The number of carbonyl (C=O) groups is 1. The van der Waals surface area contributed by atoms with Crippen molar-refractivity contribution in [1.82, 2.24) is 0 Å². The van der Waals surface area contributed by atoms with Crippen LogP contribution in [0.1, 0.15) is 24.8 Å². The average molecular weight is 238 g/mol. The van der Waals surface area contributed by atoms with E-state index in [4.69, 9.17) is 13.7 Å². The fourth-order valence-corrected chi connectivity index (χ4v) is 1.20. The van der Waals surface area contributed by atoms with Crippen LogP contribution < -0.4 is 0 Å². The molecule has 17 heavy (non-hydrogen) atoms. The normalized spacial score (nSPS) is 19.4. The Morgan fingerprint density at radius 3 is 1.59 bits per heavy atom. The highest BCUT2D eigenvalue weighted by atomic mass is 16.4. The first kappa shape index (κ1) is 4.27. The van der Waals surface area contributed by atoms with E-state index in [9.17, 15) is 15.0 Å². The van der Waals surface area contributed by atoms with Crippen LogP contribution in [-0.2, 0) is 10.4 Å². The van der Waals surface area contributed by atoms with Gasteiger partial charge in [0.1, 0.15) is 0 Å². The predicted molar refractivity (Wildman–Crippen MR) is 63.5 cm³/mol. The van der Waals surface area contributed by atoms with Crippen LogP contribution in [0.25, 0.3) is 0 Å². The Balaban J connectivity index is 3.12. The predicted octanol–water partition coefficient (Wildman–Crippen LogP) is 2.01. The zero-order chi connectivity index (χ0) is 21.0. The molecule has 0 heterocycles. The van der Waals surface area contributed by atoms with E-state index < -0.39 is 83.1 Å². The number of hydrogen-bond acceptors (Lipinski definition) is 2. The lowest BCUT2D eigenvalue weighted by atomic mass is 9.86. The Bertz CT molecular complexity index is 861. The highest BCUT2D eigenvalue weighted by Gasteiger charge is 2.39. The van der Waals surface area contributed by atoms with Crippen LogP contribution in [0.5, 0.6) is 0 Å². The summed E-state index contributed by atoms with van der Waals surface area (Å²) < 4.78 is 77.1. The molecule has 0 aliphatic rings. The van der Waals surface area contributed by atoms with Crippen LogP contribution in [0.3, 0.4) is 0 Å². The highest BCUT2D eigenvalue weighted by molar-refractivity contribution is 5.83. The summed E-state index contributed by atoms with van der Waals surface area (Å²) in [6, 6.07) is -9.76. The lowest BCUT2D eigenvalue weighted by Gasteiger charge is -2.24. The summed E-state index contributed by atoms with van der Waals surface area (Å²) in [7, 11) is 0. The standard InChI is InChI=1S/C14H12O3/c15-13(16)14(17,11-7-3-1-4-8-11)12-9-5-2-6-10-12/h1-10,17H,(H,15,16)/i1D,2D,3D,4D,5D,6D,7D,8D,9D,10D. The molecule has 3 heteroatoms. The van der Waals surface area contributed by atoms with Crippen LogP contribution in [0.4, 0.5) is 0 Å². The monoisotopic (exact) mass is 238 g/mol. The van der Waals surface area contributed by atoms with E-state index in [1.54, 1.807) is 0 Å². The van der Waals surface area contributed by atoms with Gasteiger partial charge in [0.15, 0.2) is 0 Å². The molecule has 0 bridgehead atoms. The lowest BCUT2D eigenvalue weighted by molar-refractivity contribution is -0.155. The summed E-state index contributed by atoms with van der Waals surface area (Å²) in [6.07, 6.45) is 0. The molecule has 0 aliphatic heterocycles. The number of carboxylic acids is 1. The molecule has 2 rings (SSSR count). The van der Waals surface area contributed by atoms with Crippen molar-refractivity contribution in [3.63, 3.8) is 0 Å². The number of hydrogen-bond donors (Lipinski definition) is 2. The SMILES string of the molecule is [2H]c1c([2H])c([2H])c(C(O)(C(=O)O)c2c([2H])c([2H])c([2H])c([2H])c2[2H])c([2H])c1[2H]. The Hall–Kier alpha value is -2.13. The third-order valence-corrected chi connectivity index (χ3v) is 2.03. The van der Waals surface area contributed by atoms with Crippen LogP contribution in [0.15, 0.2) is 60.4 Å². The van der Waals surface area contributed by atoms with Crippen molar-refractivity contribution in [3.05, 3.63) is 71.6 Å². The molecule has 0 atom stereocenters. The molecule has 0 fully saturated rings. The molecular weight excluding hydrogens is 216 g/mol. The fraction of sp³-hybridized carbons (Fsp3) is 0.0714. The molecule has 0 aromatic heterocycles. The van der Waals surface area contributed by atoms with Gasteiger partial charge in [-0.05, 0) is 11.1 Å². The Morgan fingerprint density at radius 1 is 0.941 bits per heavy atom. The van der Waals surface area contributed by atoms with E-state index in [0.717, 1.165) is 0 Å². The maximum atomic E-state index is 11.9. The molecule has 2 aromatic carbocycles. The van der Waals surface area contributed by atoms with Gasteiger partial charge in [-0.2, -0.15) is 0 Å². The van der Waals surface area contributed by atoms with E-state index in [0.29, 0.717) is 0 Å². The van der Waals surface area contributed by atoms with E-state index in [1.807, 2.05) is 0 Å². The molecule has 0 radical (unpaired) electrons. The minimum absolute atomic E-state index is 0.845. The molecule has 0 saturated carbocycles. The molecule has 3 nitrogen and oxygen atoms in total. The Morgan fingerprint density at radius 2 is 1.29 bits per heavy atom. The average Bonchev–Trinajstić information content (AvgIpc) is 2.61. The summed E-state index contributed by atoms with van der Waals surface area (Å²) in [6.45, 7) is 0. The largest absolute Gasteiger partial charge is 0.479 e. The molecule has 0 saturated heterocycles. The first-order valence-electron chi connectivity index (χ1n) is 9.40. The molecule has 0 amide bonds. The maximum Gasteiger partial charge on any atom is 0.345 e. The van der Waals surface area contributed by atoms with E-state index in [1.165, 1.54) is 0 Å². The second kappa shape index (κ2) is 4.39. The van der Waals surface area contributed by atoms with E-state index >= 15 is 0 Å². The van der Waals surface area contributed by atoms with Gasteiger partial charge in [-0.1, -0.05) is 60.4 Å². The van der Waals surface area contributed by atoms with Gasteiger partial charge in [-0.3, -0.25) is 0 Å². The van der Waals surface area contributed by atoms with Crippen molar-refractivity contribution < 1.29 is 28.7 Å². The van der Waals surface area contributed by atoms with Crippen molar-refractivity contribution in [3.8, 4) is 0 Å². The van der Waals surface area contributed by atoms with E-state index in [-0.39, 0.29) is 0 Å². The highest BCUT2D eigenvalue weighted by Crippen LogP contribution is 2.29. The van der Waals surface area contributed by atoms with Gasteiger partial charge >= 0.3 is 5.97 Å². The van der Waals surface area contributed by atoms with E-state index in [2.05, 4.69) is 0 Å². The zero-order valence-electron chi connectivity index (χ0n) is 18.3. The summed E-state index contributed by atoms with van der Waals surface area (Å²) in [5.74, 6) is -2.17. The first-order valence-corrected chi connectivity index (χ1v) is 4.40.